The summed E-state index contributed by atoms with van der Waals surface area (Å²) < 4.78 is 27.4. The van der Waals surface area contributed by atoms with E-state index in [4.69, 9.17) is 0 Å². The molecular weight excluding hydrogens is 290 g/mol. The van der Waals surface area contributed by atoms with E-state index in [9.17, 15) is 13.5 Å². The Morgan fingerprint density at radius 2 is 2.00 bits per heavy atom. The third-order valence-electron chi connectivity index (χ3n) is 3.44. The third kappa shape index (κ3) is 3.15. The Bertz CT molecular complexity index is 738. The summed E-state index contributed by atoms with van der Waals surface area (Å²) in [7, 11) is -3.80. The van der Waals surface area contributed by atoms with E-state index in [0.717, 1.165) is 11.1 Å². The van der Waals surface area contributed by atoms with E-state index in [0.29, 0.717) is 11.3 Å². The lowest BCUT2D eigenvalue weighted by Gasteiger charge is -2.16. The molecule has 0 fully saturated rings. The molecule has 0 bridgehead atoms. The Hall–Kier alpha value is -1.70. The maximum Gasteiger partial charge on any atom is 0.260 e. The molecule has 21 heavy (non-hydrogen) atoms. The second-order valence-corrected chi connectivity index (χ2v) is 6.62. The molecule has 0 radical (unpaired) electrons. The molecule has 0 aliphatic rings. The minimum atomic E-state index is -3.80. The van der Waals surface area contributed by atoms with Gasteiger partial charge in [0.05, 0.1) is 6.61 Å². The zero-order valence-corrected chi connectivity index (χ0v) is 13.0. The molecule has 7 heteroatoms. The molecule has 0 aliphatic carbocycles. The lowest BCUT2D eigenvalue weighted by molar-refractivity contribution is 0.277. The molecular formula is C14H19N3O3S. The van der Waals surface area contributed by atoms with E-state index in [2.05, 4.69) is 14.9 Å². The maximum absolute atomic E-state index is 12.4. The summed E-state index contributed by atoms with van der Waals surface area (Å²) in [4.78, 5) is 0. The molecule has 6 nitrogen and oxygen atoms in total. The van der Waals surface area contributed by atoms with Crippen molar-refractivity contribution in [3.63, 3.8) is 0 Å². The minimum absolute atomic E-state index is 0.150. The van der Waals surface area contributed by atoms with Gasteiger partial charge in [0.25, 0.3) is 10.0 Å². The Kier molecular flexibility index (Phi) is 4.46. The van der Waals surface area contributed by atoms with Gasteiger partial charge in [0.1, 0.15) is 0 Å². The van der Waals surface area contributed by atoms with Gasteiger partial charge in [-0.3, -0.25) is 5.10 Å². The van der Waals surface area contributed by atoms with E-state index in [1.54, 1.807) is 13.8 Å². The van der Waals surface area contributed by atoms with Crippen molar-refractivity contribution in [1.82, 2.24) is 14.9 Å². The van der Waals surface area contributed by atoms with Crippen LogP contribution in [0.1, 0.15) is 35.3 Å². The van der Waals surface area contributed by atoms with Crippen molar-refractivity contribution >= 4 is 10.0 Å². The van der Waals surface area contributed by atoms with Gasteiger partial charge in [-0.05, 0) is 31.9 Å². The summed E-state index contributed by atoms with van der Waals surface area (Å²) >= 11 is 0. The predicted octanol–water partition coefficient (Wildman–Crippen LogP) is 1.56. The van der Waals surface area contributed by atoms with E-state index in [-0.39, 0.29) is 17.7 Å². The number of rotatable bonds is 5. The molecule has 1 heterocycles. The standard InChI is InChI=1S/C14H19N3O3S/c1-9-6-4-5-7-12(9)11(3)17-21(19,20)14-13(8-18)10(2)15-16-14/h4-7,11,17-18H,8H2,1-3H3,(H,15,16). The van der Waals surface area contributed by atoms with Gasteiger partial charge in [-0.15, -0.1) is 0 Å². The van der Waals surface area contributed by atoms with Crippen molar-refractivity contribution in [3.8, 4) is 0 Å². The number of aliphatic hydroxyl groups excluding tert-OH is 1. The van der Waals surface area contributed by atoms with Crippen LogP contribution in [0.4, 0.5) is 0 Å². The van der Waals surface area contributed by atoms with Crippen LogP contribution < -0.4 is 4.72 Å². The van der Waals surface area contributed by atoms with Crippen LogP contribution in [0.2, 0.25) is 0 Å². The fraction of sp³-hybridized carbons (Fsp3) is 0.357. The molecule has 0 saturated carbocycles. The van der Waals surface area contributed by atoms with Crippen molar-refractivity contribution in [2.75, 3.05) is 0 Å². The summed E-state index contributed by atoms with van der Waals surface area (Å²) in [5, 5.41) is 15.5. The highest BCUT2D eigenvalue weighted by Crippen LogP contribution is 2.21. The molecule has 114 valence electrons. The number of sulfonamides is 1. The lowest BCUT2D eigenvalue weighted by Crippen LogP contribution is -2.28. The van der Waals surface area contributed by atoms with Crippen molar-refractivity contribution in [2.24, 2.45) is 0 Å². The minimum Gasteiger partial charge on any atom is -0.392 e. The second-order valence-electron chi connectivity index (χ2n) is 4.99. The number of H-pyrrole nitrogens is 1. The van der Waals surface area contributed by atoms with Gasteiger partial charge >= 0.3 is 0 Å². The highest BCUT2D eigenvalue weighted by atomic mass is 32.2. The summed E-state index contributed by atoms with van der Waals surface area (Å²) in [6.45, 7) is 5.00. The Morgan fingerprint density at radius 1 is 1.33 bits per heavy atom. The largest absolute Gasteiger partial charge is 0.392 e. The number of nitrogens with zero attached hydrogens (tertiary/aromatic N) is 1. The molecule has 1 aromatic carbocycles. The fourth-order valence-corrected chi connectivity index (χ4v) is 3.68. The first kappa shape index (κ1) is 15.7. The highest BCUT2D eigenvalue weighted by Gasteiger charge is 2.25. The Morgan fingerprint density at radius 3 is 2.62 bits per heavy atom. The van der Waals surface area contributed by atoms with Gasteiger partial charge in [-0.25, -0.2) is 13.1 Å². The van der Waals surface area contributed by atoms with Gasteiger partial charge in [0, 0.05) is 17.3 Å². The predicted molar refractivity (Wildman–Crippen MR) is 79.2 cm³/mol. The topological polar surface area (TPSA) is 95.1 Å². The maximum atomic E-state index is 12.4. The molecule has 1 unspecified atom stereocenters. The molecule has 0 amide bonds. The number of benzene rings is 1. The molecule has 2 aromatic rings. The molecule has 3 N–H and O–H groups in total. The van der Waals surface area contributed by atoms with E-state index in [1.807, 2.05) is 31.2 Å². The third-order valence-corrected chi connectivity index (χ3v) is 4.95. The van der Waals surface area contributed by atoms with Crippen LogP contribution in [0, 0.1) is 13.8 Å². The number of aromatic amines is 1. The fourth-order valence-electron chi connectivity index (χ4n) is 2.26. The van der Waals surface area contributed by atoms with Crippen LogP contribution in [0.5, 0.6) is 0 Å². The van der Waals surface area contributed by atoms with Crippen LogP contribution in [0.15, 0.2) is 29.3 Å². The smallest absolute Gasteiger partial charge is 0.260 e. The SMILES string of the molecule is Cc1ccccc1C(C)NS(=O)(=O)c1n[nH]c(C)c1CO. The van der Waals surface area contributed by atoms with Crippen LogP contribution in [-0.4, -0.2) is 23.7 Å². The number of aryl methyl sites for hydroxylation is 2. The van der Waals surface area contributed by atoms with Crippen molar-refractivity contribution in [2.45, 2.75) is 38.4 Å². The van der Waals surface area contributed by atoms with Crippen molar-refractivity contribution in [1.29, 1.82) is 0 Å². The van der Waals surface area contributed by atoms with Crippen LogP contribution in [-0.2, 0) is 16.6 Å². The molecule has 0 aliphatic heterocycles. The molecule has 1 atom stereocenters. The normalized spacial score (nSPS) is 13.3. The van der Waals surface area contributed by atoms with Gasteiger partial charge in [-0.2, -0.15) is 5.10 Å². The molecule has 0 spiro atoms. The first-order valence-electron chi connectivity index (χ1n) is 6.59. The number of hydrogen-bond donors (Lipinski definition) is 3. The monoisotopic (exact) mass is 309 g/mol. The summed E-state index contributed by atoms with van der Waals surface area (Å²) in [6, 6.07) is 7.19. The molecule has 1 aromatic heterocycles. The zero-order valence-electron chi connectivity index (χ0n) is 12.2. The summed E-state index contributed by atoms with van der Waals surface area (Å²) in [5.74, 6) is 0. The van der Waals surface area contributed by atoms with Crippen LogP contribution >= 0.6 is 0 Å². The zero-order chi connectivity index (χ0) is 15.6. The summed E-state index contributed by atoms with van der Waals surface area (Å²) in [6.07, 6.45) is 0. The van der Waals surface area contributed by atoms with Gasteiger partial charge < -0.3 is 5.11 Å². The quantitative estimate of drug-likeness (QED) is 0.781. The number of hydrogen-bond acceptors (Lipinski definition) is 4. The van der Waals surface area contributed by atoms with Crippen molar-refractivity contribution < 1.29 is 13.5 Å². The van der Waals surface area contributed by atoms with Gasteiger partial charge in [-0.1, -0.05) is 24.3 Å². The van der Waals surface area contributed by atoms with Crippen LogP contribution in [0.3, 0.4) is 0 Å². The molecule has 2 rings (SSSR count). The van der Waals surface area contributed by atoms with E-state index < -0.39 is 10.0 Å². The van der Waals surface area contributed by atoms with Gasteiger partial charge in [0.2, 0.25) is 0 Å². The van der Waals surface area contributed by atoms with Crippen molar-refractivity contribution in [3.05, 3.63) is 46.6 Å². The van der Waals surface area contributed by atoms with Crippen LogP contribution in [0.25, 0.3) is 0 Å². The number of nitrogens with one attached hydrogen (secondary N) is 2. The van der Waals surface area contributed by atoms with Gasteiger partial charge in [0.15, 0.2) is 5.03 Å². The highest BCUT2D eigenvalue weighted by molar-refractivity contribution is 7.89. The first-order chi connectivity index (χ1) is 9.86. The first-order valence-corrected chi connectivity index (χ1v) is 8.07. The molecule has 0 saturated heterocycles. The number of aliphatic hydroxyl groups is 1. The summed E-state index contributed by atoms with van der Waals surface area (Å²) in [5.41, 5.74) is 2.74. The average Bonchev–Trinajstić information content (AvgIpc) is 2.80. The Labute approximate surface area is 124 Å². The average molecular weight is 309 g/mol. The van der Waals surface area contributed by atoms with E-state index in [1.165, 1.54) is 0 Å². The Balaban J connectivity index is 2.31. The second kappa shape index (κ2) is 5.97. The number of aromatic nitrogens is 2. The lowest BCUT2D eigenvalue weighted by atomic mass is 10.0. The van der Waals surface area contributed by atoms with E-state index >= 15 is 0 Å².